The Morgan fingerprint density at radius 3 is 2.53 bits per heavy atom. The van der Waals surface area contributed by atoms with Crippen LogP contribution in [0.4, 0.5) is 0 Å². The third-order valence-corrected chi connectivity index (χ3v) is 3.20. The topological polar surface area (TPSA) is 34.9 Å². The molecule has 0 amide bonds. The lowest BCUT2D eigenvalue weighted by molar-refractivity contribution is 0.101. The highest BCUT2D eigenvalue weighted by atomic mass is 16.1. The Hall–Kier alpha value is -2.42. The number of carbonyl (C=O) groups excluding carboxylic acids is 1. The van der Waals surface area contributed by atoms with Crippen molar-refractivity contribution in [3.63, 3.8) is 0 Å². The summed E-state index contributed by atoms with van der Waals surface area (Å²) in [6.07, 6.45) is 2.01. The van der Waals surface area contributed by atoms with Gasteiger partial charge in [0.15, 0.2) is 5.78 Å². The van der Waals surface area contributed by atoms with E-state index in [1.54, 1.807) is 6.92 Å². The van der Waals surface area contributed by atoms with Crippen LogP contribution in [0, 0.1) is 6.92 Å². The van der Waals surface area contributed by atoms with Crippen molar-refractivity contribution in [2.24, 2.45) is 0 Å². The van der Waals surface area contributed by atoms with E-state index in [0.717, 1.165) is 22.2 Å². The number of hydrogen-bond acceptors (Lipinski definition) is 2. The summed E-state index contributed by atoms with van der Waals surface area (Å²) >= 11 is 0. The van der Waals surface area contributed by atoms with Crippen LogP contribution >= 0.6 is 0 Å². The summed E-state index contributed by atoms with van der Waals surface area (Å²) in [6.45, 7) is 3.64. The Bertz CT molecular complexity index is 754. The van der Waals surface area contributed by atoms with Crippen molar-refractivity contribution in [2.45, 2.75) is 13.8 Å². The molecule has 94 valence electrons. The van der Waals surface area contributed by atoms with Crippen LogP contribution in [0.5, 0.6) is 0 Å². The molecule has 0 N–H and O–H groups in total. The minimum Gasteiger partial charge on any atom is -0.295 e. The quantitative estimate of drug-likeness (QED) is 0.652. The van der Waals surface area contributed by atoms with Gasteiger partial charge >= 0.3 is 0 Å². The Morgan fingerprint density at radius 2 is 1.84 bits per heavy atom. The van der Waals surface area contributed by atoms with E-state index in [1.165, 1.54) is 5.56 Å². The number of aromatic nitrogens is 2. The second-order valence-electron chi connectivity index (χ2n) is 4.74. The smallest absolute Gasteiger partial charge is 0.159 e. The van der Waals surface area contributed by atoms with Gasteiger partial charge in [-0.05, 0) is 50.2 Å². The van der Waals surface area contributed by atoms with Crippen molar-refractivity contribution in [2.75, 3.05) is 0 Å². The second-order valence-corrected chi connectivity index (χ2v) is 4.74. The molecule has 0 bridgehead atoms. The van der Waals surface area contributed by atoms with Crippen LogP contribution in [0.3, 0.4) is 0 Å². The fraction of sp³-hybridized carbons (Fsp3) is 0.125. The van der Waals surface area contributed by atoms with Gasteiger partial charge in [-0.2, -0.15) is 5.10 Å². The molecule has 2 aromatic carbocycles. The Balaban J connectivity index is 2.06. The van der Waals surface area contributed by atoms with E-state index in [2.05, 4.69) is 24.2 Å². The molecule has 0 aliphatic rings. The number of Topliss-reactive ketones (excluding diaryl/α,β-unsaturated/α-hetero) is 1. The molecule has 0 aliphatic carbocycles. The summed E-state index contributed by atoms with van der Waals surface area (Å²) in [6, 6.07) is 13.7. The number of hydrogen-bond donors (Lipinski definition) is 0. The van der Waals surface area contributed by atoms with Gasteiger partial charge in [0.05, 0.1) is 11.2 Å². The number of ketones is 1. The van der Waals surface area contributed by atoms with E-state index in [9.17, 15) is 4.79 Å². The van der Waals surface area contributed by atoms with E-state index in [4.69, 9.17) is 0 Å². The molecule has 0 spiro atoms. The third-order valence-electron chi connectivity index (χ3n) is 3.20. The molecule has 0 aliphatic heterocycles. The summed E-state index contributed by atoms with van der Waals surface area (Å²) in [5, 5.41) is 5.65. The van der Waals surface area contributed by atoms with Crippen LogP contribution in [0.2, 0.25) is 0 Å². The number of nitrogens with zero attached hydrogens (tertiary/aromatic N) is 2. The molecular formula is C16H14N2O. The van der Waals surface area contributed by atoms with Gasteiger partial charge in [0.25, 0.3) is 0 Å². The van der Waals surface area contributed by atoms with Crippen LogP contribution in [-0.2, 0) is 0 Å². The van der Waals surface area contributed by atoms with Crippen molar-refractivity contribution in [3.05, 3.63) is 59.8 Å². The Labute approximate surface area is 111 Å². The molecular weight excluding hydrogens is 236 g/mol. The molecule has 0 radical (unpaired) electrons. The molecule has 1 aromatic heterocycles. The van der Waals surface area contributed by atoms with Crippen LogP contribution in [0.25, 0.3) is 16.6 Å². The lowest BCUT2D eigenvalue weighted by Crippen LogP contribution is -1.96. The van der Waals surface area contributed by atoms with E-state index < -0.39 is 0 Å². The minimum atomic E-state index is 0.0767. The van der Waals surface area contributed by atoms with Gasteiger partial charge in [-0.1, -0.05) is 11.6 Å². The maximum absolute atomic E-state index is 11.2. The number of carbonyl (C=O) groups is 1. The van der Waals surface area contributed by atoms with Gasteiger partial charge in [0.1, 0.15) is 0 Å². The van der Waals surface area contributed by atoms with Gasteiger partial charge in [0.2, 0.25) is 0 Å². The van der Waals surface area contributed by atoms with Crippen molar-refractivity contribution < 1.29 is 4.79 Å². The molecule has 19 heavy (non-hydrogen) atoms. The molecule has 0 unspecified atom stereocenters. The predicted molar refractivity (Wildman–Crippen MR) is 75.8 cm³/mol. The zero-order valence-corrected chi connectivity index (χ0v) is 10.9. The molecule has 0 saturated heterocycles. The van der Waals surface area contributed by atoms with Gasteiger partial charge in [-0.25, -0.2) is 4.68 Å². The van der Waals surface area contributed by atoms with Crippen LogP contribution in [0.15, 0.2) is 48.7 Å². The summed E-state index contributed by atoms with van der Waals surface area (Å²) in [4.78, 5) is 11.2. The monoisotopic (exact) mass is 250 g/mol. The standard InChI is InChI=1S/C16H14N2O/c1-11-3-8-16-14(9-11)10-18(17-16)15-6-4-13(5-7-15)12(2)19/h3-10H,1-2H3. The molecule has 0 fully saturated rings. The molecule has 3 aromatic rings. The van der Waals surface area contributed by atoms with Gasteiger partial charge in [-0.3, -0.25) is 4.79 Å². The fourth-order valence-electron chi connectivity index (χ4n) is 2.13. The molecule has 1 heterocycles. The molecule has 0 atom stereocenters. The van der Waals surface area contributed by atoms with Gasteiger partial charge in [0, 0.05) is 17.1 Å². The lowest BCUT2D eigenvalue weighted by atomic mass is 10.1. The molecule has 0 saturated carbocycles. The summed E-state index contributed by atoms with van der Waals surface area (Å²) in [5.41, 5.74) is 3.87. The first-order chi connectivity index (χ1) is 9.13. The zero-order valence-electron chi connectivity index (χ0n) is 10.9. The van der Waals surface area contributed by atoms with Crippen molar-refractivity contribution in [1.29, 1.82) is 0 Å². The van der Waals surface area contributed by atoms with Crippen LogP contribution < -0.4 is 0 Å². The fourth-order valence-corrected chi connectivity index (χ4v) is 2.13. The van der Waals surface area contributed by atoms with Crippen molar-refractivity contribution in [3.8, 4) is 5.69 Å². The van der Waals surface area contributed by atoms with E-state index in [-0.39, 0.29) is 5.78 Å². The first-order valence-corrected chi connectivity index (χ1v) is 6.21. The van der Waals surface area contributed by atoms with Crippen molar-refractivity contribution in [1.82, 2.24) is 9.78 Å². The van der Waals surface area contributed by atoms with Gasteiger partial charge in [-0.15, -0.1) is 0 Å². The molecule has 3 rings (SSSR count). The first kappa shape index (κ1) is 11.7. The van der Waals surface area contributed by atoms with E-state index >= 15 is 0 Å². The average Bonchev–Trinajstić information content (AvgIpc) is 2.81. The predicted octanol–water partition coefficient (Wildman–Crippen LogP) is 3.54. The van der Waals surface area contributed by atoms with E-state index in [0.29, 0.717) is 0 Å². The Kier molecular flexibility index (Phi) is 2.67. The third kappa shape index (κ3) is 2.15. The first-order valence-electron chi connectivity index (χ1n) is 6.21. The highest BCUT2D eigenvalue weighted by Gasteiger charge is 2.04. The second kappa shape index (κ2) is 4.35. The number of benzene rings is 2. The van der Waals surface area contributed by atoms with Crippen molar-refractivity contribution >= 4 is 16.7 Å². The largest absolute Gasteiger partial charge is 0.295 e. The number of aryl methyl sites for hydroxylation is 1. The van der Waals surface area contributed by atoms with E-state index in [1.807, 2.05) is 41.2 Å². The number of fused-ring (bicyclic) bond motifs is 1. The molecule has 3 heteroatoms. The molecule has 3 nitrogen and oxygen atoms in total. The summed E-state index contributed by atoms with van der Waals surface area (Å²) in [7, 11) is 0. The van der Waals surface area contributed by atoms with Gasteiger partial charge < -0.3 is 0 Å². The lowest BCUT2D eigenvalue weighted by Gasteiger charge is -2.01. The zero-order chi connectivity index (χ0) is 13.4. The SMILES string of the molecule is CC(=O)c1ccc(-n2cc3cc(C)ccc3n2)cc1. The highest BCUT2D eigenvalue weighted by molar-refractivity contribution is 5.94. The Morgan fingerprint density at radius 1 is 1.11 bits per heavy atom. The summed E-state index contributed by atoms with van der Waals surface area (Å²) < 4.78 is 1.84. The average molecular weight is 250 g/mol. The van der Waals surface area contributed by atoms with Crippen LogP contribution in [0.1, 0.15) is 22.8 Å². The maximum Gasteiger partial charge on any atom is 0.159 e. The van der Waals surface area contributed by atoms with Crippen LogP contribution in [-0.4, -0.2) is 15.6 Å². The number of rotatable bonds is 2. The summed E-state index contributed by atoms with van der Waals surface area (Å²) in [5.74, 6) is 0.0767. The highest BCUT2D eigenvalue weighted by Crippen LogP contribution is 2.17. The maximum atomic E-state index is 11.2. The minimum absolute atomic E-state index is 0.0767. The normalized spacial score (nSPS) is 10.8.